The van der Waals surface area contributed by atoms with Crippen LogP contribution in [0.3, 0.4) is 0 Å². The van der Waals surface area contributed by atoms with Crippen molar-refractivity contribution in [3.05, 3.63) is 64.9 Å². The van der Waals surface area contributed by atoms with Crippen LogP contribution in [0.1, 0.15) is 18.9 Å². The molecule has 1 unspecified atom stereocenters. The largest absolute Gasteiger partial charge is 0.492 e. The van der Waals surface area contributed by atoms with Crippen LogP contribution in [-0.2, 0) is 10.3 Å². The number of urea groups is 1. The summed E-state index contributed by atoms with van der Waals surface area (Å²) < 4.78 is 18.8. The number of carbonyl (C=O) groups is 2. The van der Waals surface area contributed by atoms with Crippen molar-refractivity contribution in [3.8, 4) is 5.75 Å². The first-order chi connectivity index (χ1) is 12.5. The molecule has 3 rings (SSSR count). The number of hydrogen-bond acceptors (Lipinski definition) is 3. The summed E-state index contributed by atoms with van der Waals surface area (Å²) in [6.07, 6.45) is 0.356. The molecule has 0 aliphatic carbocycles. The number of rotatable bonds is 6. The van der Waals surface area contributed by atoms with Crippen LogP contribution < -0.4 is 10.1 Å². The van der Waals surface area contributed by atoms with Gasteiger partial charge in [0.1, 0.15) is 23.7 Å². The zero-order valence-electron chi connectivity index (χ0n) is 14.2. The van der Waals surface area contributed by atoms with Gasteiger partial charge in [-0.25, -0.2) is 9.18 Å². The maximum Gasteiger partial charge on any atom is 0.325 e. The summed E-state index contributed by atoms with van der Waals surface area (Å²) in [5.74, 6) is -0.209. The fraction of sp³-hybridized carbons (Fsp3) is 0.263. The second-order valence-corrected chi connectivity index (χ2v) is 6.39. The SMILES string of the molecule is CCC1(c2ccc(F)cc2)NC(=O)N(CCOc2cccc(Cl)c2)C1=O. The molecule has 26 heavy (non-hydrogen) atoms. The molecule has 5 nitrogen and oxygen atoms in total. The summed E-state index contributed by atoms with van der Waals surface area (Å²) >= 11 is 5.90. The van der Waals surface area contributed by atoms with Crippen molar-refractivity contribution in [2.24, 2.45) is 0 Å². The molecule has 0 saturated carbocycles. The molecule has 1 saturated heterocycles. The molecule has 0 radical (unpaired) electrons. The van der Waals surface area contributed by atoms with Gasteiger partial charge < -0.3 is 10.1 Å². The van der Waals surface area contributed by atoms with E-state index in [0.717, 1.165) is 4.90 Å². The molecule has 7 heteroatoms. The molecule has 2 aromatic rings. The van der Waals surface area contributed by atoms with Crippen molar-refractivity contribution in [1.29, 1.82) is 0 Å². The Morgan fingerprint density at radius 1 is 1.19 bits per heavy atom. The van der Waals surface area contributed by atoms with E-state index in [9.17, 15) is 14.0 Å². The molecule has 3 amide bonds. The van der Waals surface area contributed by atoms with Crippen LogP contribution >= 0.6 is 11.6 Å². The lowest BCUT2D eigenvalue weighted by atomic mass is 9.87. The van der Waals surface area contributed by atoms with E-state index in [2.05, 4.69) is 5.32 Å². The Morgan fingerprint density at radius 2 is 1.92 bits per heavy atom. The first-order valence-electron chi connectivity index (χ1n) is 8.25. The lowest BCUT2D eigenvalue weighted by Gasteiger charge is -2.25. The Bertz CT molecular complexity index is 828. The molecule has 1 fully saturated rings. The van der Waals surface area contributed by atoms with E-state index in [-0.39, 0.29) is 19.1 Å². The Kier molecular flexibility index (Phi) is 5.13. The lowest BCUT2D eigenvalue weighted by molar-refractivity contribution is -0.132. The molecule has 2 aromatic carbocycles. The Hall–Kier alpha value is -2.60. The summed E-state index contributed by atoms with van der Waals surface area (Å²) in [5.41, 5.74) is -0.626. The maximum absolute atomic E-state index is 13.2. The van der Waals surface area contributed by atoms with Gasteiger partial charge in [0, 0.05) is 5.02 Å². The summed E-state index contributed by atoms with van der Waals surface area (Å²) in [4.78, 5) is 26.4. The van der Waals surface area contributed by atoms with Gasteiger partial charge >= 0.3 is 6.03 Å². The van der Waals surface area contributed by atoms with Gasteiger partial charge in [0.2, 0.25) is 0 Å². The maximum atomic E-state index is 13.2. The van der Waals surface area contributed by atoms with E-state index < -0.39 is 17.4 Å². The van der Waals surface area contributed by atoms with E-state index in [1.165, 1.54) is 24.3 Å². The third-order valence-electron chi connectivity index (χ3n) is 4.42. The van der Waals surface area contributed by atoms with Crippen molar-refractivity contribution in [2.75, 3.05) is 13.2 Å². The van der Waals surface area contributed by atoms with Crippen molar-refractivity contribution in [1.82, 2.24) is 10.2 Å². The first-order valence-corrected chi connectivity index (χ1v) is 8.62. The summed E-state index contributed by atoms with van der Waals surface area (Å²) in [6.45, 7) is 2.04. The minimum atomic E-state index is -1.18. The van der Waals surface area contributed by atoms with Crippen LogP contribution in [0.25, 0.3) is 0 Å². The lowest BCUT2D eigenvalue weighted by Crippen LogP contribution is -2.43. The quantitative estimate of drug-likeness (QED) is 0.782. The van der Waals surface area contributed by atoms with Crippen molar-refractivity contribution >= 4 is 23.5 Å². The smallest absolute Gasteiger partial charge is 0.325 e. The monoisotopic (exact) mass is 376 g/mol. The average molecular weight is 377 g/mol. The fourth-order valence-electron chi connectivity index (χ4n) is 3.01. The number of hydrogen-bond donors (Lipinski definition) is 1. The van der Waals surface area contributed by atoms with Gasteiger partial charge in [0.25, 0.3) is 5.91 Å². The predicted molar refractivity (Wildman–Crippen MR) is 95.6 cm³/mol. The first kappa shape index (κ1) is 18.2. The minimum absolute atomic E-state index is 0.0973. The van der Waals surface area contributed by atoms with Crippen LogP contribution in [0.15, 0.2) is 48.5 Å². The van der Waals surface area contributed by atoms with Gasteiger partial charge in [-0.3, -0.25) is 9.69 Å². The van der Waals surface area contributed by atoms with Crippen molar-refractivity contribution in [2.45, 2.75) is 18.9 Å². The van der Waals surface area contributed by atoms with Crippen LogP contribution in [0.4, 0.5) is 9.18 Å². The highest BCUT2D eigenvalue weighted by Gasteiger charge is 2.51. The molecule has 0 bridgehead atoms. The van der Waals surface area contributed by atoms with Crippen molar-refractivity contribution in [3.63, 3.8) is 0 Å². The van der Waals surface area contributed by atoms with E-state index >= 15 is 0 Å². The van der Waals surface area contributed by atoms with Gasteiger partial charge in [-0.15, -0.1) is 0 Å². The average Bonchev–Trinajstić information content (AvgIpc) is 2.87. The van der Waals surface area contributed by atoms with Crippen molar-refractivity contribution < 1.29 is 18.7 Å². The predicted octanol–water partition coefficient (Wildman–Crippen LogP) is 3.72. The topological polar surface area (TPSA) is 58.6 Å². The fourth-order valence-corrected chi connectivity index (χ4v) is 3.19. The molecule has 1 aliphatic heterocycles. The molecular formula is C19H18ClFN2O3. The molecule has 0 spiro atoms. The Balaban J connectivity index is 1.72. The van der Waals surface area contributed by atoms with Gasteiger partial charge in [0.15, 0.2) is 0 Å². The summed E-state index contributed by atoms with van der Waals surface area (Å²) in [7, 11) is 0. The highest BCUT2D eigenvalue weighted by Crippen LogP contribution is 2.32. The van der Waals surface area contributed by atoms with Crippen LogP contribution in [0, 0.1) is 5.82 Å². The zero-order valence-corrected chi connectivity index (χ0v) is 14.9. The molecule has 1 heterocycles. The normalized spacial score (nSPS) is 19.6. The highest BCUT2D eigenvalue weighted by atomic mass is 35.5. The second-order valence-electron chi connectivity index (χ2n) is 5.96. The van der Waals surface area contributed by atoms with E-state index in [1.54, 1.807) is 31.2 Å². The number of nitrogens with zero attached hydrogens (tertiary/aromatic N) is 1. The highest BCUT2D eigenvalue weighted by molar-refractivity contribution is 6.30. The number of carbonyl (C=O) groups excluding carboxylic acids is 2. The Labute approximate surface area is 155 Å². The number of amides is 3. The number of ether oxygens (including phenoxy) is 1. The number of benzene rings is 2. The van der Waals surface area contributed by atoms with E-state index in [1.807, 2.05) is 0 Å². The van der Waals surface area contributed by atoms with E-state index in [4.69, 9.17) is 16.3 Å². The second kappa shape index (κ2) is 7.33. The Morgan fingerprint density at radius 3 is 2.58 bits per heavy atom. The molecular weight excluding hydrogens is 359 g/mol. The summed E-state index contributed by atoms with van der Waals surface area (Å²) in [6, 6.07) is 12.0. The van der Waals surface area contributed by atoms with Crippen LogP contribution in [0.2, 0.25) is 5.02 Å². The van der Waals surface area contributed by atoms with Gasteiger partial charge in [-0.1, -0.05) is 36.7 Å². The standard InChI is InChI=1S/C19H18ClFN2O3/c1-2-19(13-6-8-15(21)9-7-13)17(24)23(18(25)22-19)10-11-26-16-5-3-4-14(20)12-16/h3-9,12H,2,10-11H2,1H3,(H,22,25). The third kappa shape index (κ3) is 3.37. The van der Waals surface area contributed by atoms with Crippen LogP contribution in [-0.4, -0.2) is 30.0 Å². The molecule has 0 aromatic heterocycles. The number of halogens is 2. The van der Waals surface area contributed by atoms with Gasteiger partial charge in [-0.05, 0) is 42.3 Å². The molecule has 1 atom stereocenters. The number of nitrogens with one attached hydrogen (secondary N) is 1. The van der Waals surface area contributed by atoms with Crippen LogP contribution in [0.5, 0.6) is 5.75 Å². The number of imide groups is 1. The third-order valence-corrected chi connectivity index (χ3v) is 4.66. The summed E-state index contributed by atoms with van der Waals surface area (Å²) in [5, 5.41) is 3.29. The van der Waals surface area contributed by atoms with Gasteiger partial charge in [0.05, 0.1) is 6.54 Å². The minimum Gasteiger partial charge on any atom is -0.492 e. The zero-order chi connectivity index (χ0) is 18.7. The van der Waals surface area contributed by atoms with E-state index in [0.29, 0.717) is 22.8 Å². The molecule has 136 valence electrons. The molecule has 1 N–H and O–H groups in total. The van der Waals surface area contributed by atoms with Gasteiger partial charge in [-0.2, -0.15) is 0 Å². The molecule has 1 aliphatic rings.